The third-order valence-corrected chi connectivity index (χ3v) is 5.24. The van der Waals surface area contributed by atoms with Crippen LogP contribution in [0.5, 0.6) is 5.75 Å². The normalized spacial score (nSPS) is 17.3. The van der Waals surface area contributed by atoms with E-state index in [1.807, 2.05) is 0 Å². The molecule has 2 aromatic rings. The minimum atomic E-state index is 0.381. The van der Waals surface area contributed by atoms with Crippen LogP contribution in [-0.4, -0.2) is 6.61 Å². The highest BCUT2D eigenvalue weighted by Crippen LogP contribution is 2.27. The van der Waals surface area contributed by atoms with Gasteiger partial charge in [0, 0.05) is 19.0 Å². The second-order valence-electron chi connectivity index (χ2n) is 6.88. The lowest BCUT2D eigenvalue weighted by atomic mass is 9.89. The Kier molecular flexibility index (Phi) is 4.09. The molecular formula is C21H25NO. The number of nitrogens with one attached hydrogen (secondary N) is 1. The van der Waals surface area contributed by atoms with Gasteiger partial charge in [0.15, 0.2) is 0 Å². The molecule has 23 heavy (non-hydrogen) atoms. The number of fused-ring (bicyclic) bond motifs is 2. The van der Waals surface area contributed by atoms with Crippen molar-refractivity contribution < 1.29 is 4.74 Å². The van der Waals surface area contributed by atoms with Crippen molar-refractivity contribution in [3.8, 4) is 5.75 Å². The highest BCUT2D eigenvalue weighted by Gasteiger charge is 2.14. The van der Waals surface area contributed by atoms with Crippen molar-refractivity contribution >= 4 is 0 Å². The monoisotopic (exact) mass is 307 g/mol. The fraction of sp³-hybridized carbons (Fsp3) is 0.429. The average molecular weight is 307 g/mol. The summed E-state index contributed by atoms with van der Waals surface area (Å²) in [7, 11) is 0. The quantitative estimate of drug-likeness (QED) is 0.906. The minimum Gasteiger partial charge on any atom is -0.493 e. The number of hydrogen-bond acceptors (Lipinski definition) is 2. The molecule has 0 bridgehead atoms. The van der Waals surface area contributed by atoms with Gasteiger partial charge in [0.05, 0.1) is 6.61 Å². The van der Waals surface area contributed by atoms with Crippen molar-refractivity contribution in [1.29, 1.82) is 0 Å². The summed E-state index contributed by atoms with van der Waals surface area (Å²) in [5, 5.41) is 3.67. The van der Waals surface area contributed by atoms with Crippen molar-refractivity contribution in [3.63, 3.8) is 0 Å². The molecule has 120 valence electrons. The zero-order valence-corrected chi connectivity index (χ0v) is 13.9. The molecule has 1 N–H and O–H groups in total. The Bertz CT molecular complexity index is 707. The molecule has 1 aliphatic carbocycles. The molecule has 1 unspecified atom stereocenters. The van der Waals surface area contributed by atoms with Crippen LogP contribution in [0.1, 0.15) is 53.6 Å². The maximum atomic E-state index is 5.58. The van der Waals surface area contributed by atoms with Gasteiger partial charge < -0.3 is 10.1 Å². The molecule has 2 aromatic carbocycles. The molecule has 2 aliphatic rings. The molecule has 0 saturated heterocycles. The summed E-state index contributed by atoms with van der Waals surface area (Å²) in [4.78, 5) is 0. The molecule has 1 heterocycles. The number of hydrogen-bond donors (Lipinski definition) is 1. The van der Waals surface area contributed by atoms with Crippen LogP contribution >= 0.6 is 0 Å². The molecule has 2 heteroatoms. The highest BCUT2D eigenvalue weighted by atomic mass is 16.5. The van der Waals surface area contributed by atoms with E-state index < -0.39 is 0 Å². The zero-order chi connectivity index (χ0) is 15.6. The molecule has 1 aliphatic heterocycles. The van der Waals surface area contributed by atoms with Crippen LogP contribution in [0, 0.1) is 0 Å². The van der Waals surface area contributed by atoms with Crippen LogP contribution in [0.25, 0.3) is 0 Å². The third kappa shape index (κ3) is 3.13. The van der Waals surface area contributed by atoms with Crippen molar-refractivity contribution in [2.45, 2.75) is 51.6 Å². The summed E-state index contributed by atoms with van der Waals surface area (Å²) in [6.07, 6.45) is 6.25. The van der Waals surface area contributed by atoms with E-state index >= 15 is 0 Å². The van der Waals surface area contributed by atoms with Gasteiger partial charge in [-0.05, 0) is 66.5 Å². The second-order valence-corrected chi connectivity index (χ2v) is 6.88. The lowest BCUT2D eigenvalue weighted by molar-refractivity contribution is 0.357. The van der Waals surface area contributed by atoms with E-state index in [2.05, 4.69) is 48.6 Å². The number of benzene rings is 2. The smallest absolute Gasteiger partial charge is 0.122 e. The summed E-state index contributed by atoms with van der Waals surface area (Å²) in [5.41, 5.74) is 7.24. The average Bonchev–Trinajstić information content (AvgIpc) is 3.07. The third-order valence-electron chi connectivity index (χ3n) is 5.24. The van der Waals surface area contributed by atoms with Crippen LogP contribution < -0.4 is 10.1 Å². The van der Waals surface area contributed by atoms with E-state index in [0.717, 1.165) is 25.3 Å². The molecule has 0 saturated carbocycles. The molecule has 0 amide bonds. The van der Waals surface area contributed by atoms with Crippen LogP contribution in [0.3, 0.4) is 0 Å². The largest absolute Gasteiger partial charge is 0.493 e. The Hall–Kier alpha value is -1.80. The van der Waals surface area contributed by atoms with E-state index in [4.69, 9.17) is 4.74 Å². The molecule has 0 radical (unpaired) electrons. The van der Waals surface area contributed by atoms with Crippen molar-refractivity contribution in [2.75, 3.05) is 6.61 Å². The van der Waals surface area contributed by atoms with Crippen LogP contribution in [0.4, 0.5) is 0 Å². The maximum absolute atomic E-state index is 5.58. The molecule has 0 spiro atoms. The first-order chi connectivity index (χ1) is 11.3. The van der Waals surface area contributed by atoms with Gasteiger partial charge in [-0.25, -0.2) is 0 Å². The lowest BCUT2D eigenvalue weighted by Gasteiger charge is -2.20. The second kappa shape index (κ2) is 6.37. The Morgan fingerprint density at radius 1 is 0.957 bits per heavy atom. The molecule has 1 atom stereocenters. The fourth-order valence-corrected chi connectivity index (χ4v) is 3.76. The van der Waals surface area contributed by atoms with Gasteiger partial charge >= 0.3 is 0 Å². The van der Waals surface area contributed by atoms with Gasteiger partial charge in [-0.15, -0.1) is 0 Å². The van der Waals surface area contributed by atoms with Gasteiger partial charge in [-0.3, -0.25) is 0 Å². The maximum Gasteiger partial charge on any atom is 0.122 e. The van der Waals surface area contributed by atoms with E-state index in [1.54, 1.807) is 11.1 Å². The molecule has 0 fully saturated rings. The predicted molar refractivity (Wildman–Crippen MR) is 94.0 cm³/mol. The zero-order valence-electron chi connectivity index (χ0n) is 13.9. The summed E-state index contributed by atoms with van der Waals surface area (Å²) >= 11 is 0. The van der Waals surface area contributed by atoms with E-state index in [1.165, 1.54) is 42.4 Å². The van der Waals surface area contributed by atoms with E-state index in [-0.39, 0.29) is 0 Å². The van der Waals surface area contributed by atoms with Gasteiger partial charge in [-0.2, -0.15) is 0 Å². The first kappa shape index (κ1) is 14.8. The van der Waals surface area contributed by atoms with E-state index in [9.17, 15) is 0 Å². The first-order valence-corrected chi connectivity index (χ1v) is 8.89. The Balaban J connectivity index is 1.42. The SMILES string of the molecule is CC(NCc1ccc2c(c1)CCO2)c1ccc2c(c1)CCCC2. The molecule has 0 aromatic heterocycles. The molecular weight excluding hydrogens is 282 g/mol. The molecule has 4 rings (SSSR count). The summed E-state index contributed by atoms with van der Waals surface area (Å²) in [5.74, 6) is 1.07. The van der Waals surface area contributed by atoms with Gasteiger partial charge in [0.2, 0.25) is 0 Å². The van der Waals surface area contributed by atoms with Gasteiger partial charge in [0.1, 0.15) is 5.75 Å². The van der Waals surface area contributed by atoms with Gasteiger partial charge in [-0.1, -0.05) is 30.3 Å². The number of rotatable bonds is 4. The summed E-state index contributed by atoms with van der Waals surface area (Å²) in [6, 6.07) is 14.0. The first-order valence-electron chi connectivity index (χ1n) is 8.89. The van der Waals surface area contributed by atoms with Crippen molar-refractivity contribution in [3.05, 3.63) is 64.2 Å². The van der Waals surface area contributed by atoms with Crippen molar-refractivity contribution in [1.82, 2.24) is 5.32 Å². The fourth-order valence-electron chi connectivity index (χ4n) is 3.76. The molecule has 2 nitrogen and oxygen atoms in total. The van der Waals surface area contributed by atoms with Crippen molar-refractivity contribution in [2.24, 2.45) is 0 Å². The Labute approximate surface area is 138 Å². The van der Waals surface area contributed by atoms with E-state index in [0.29, 0.717) is 6.04 Å². The predicted octanol–water partition coefficient (Wildman–Crippen LogP) is 4.35. The Morgan fingerprint density at radius 3 is 2.74 bits per heavy atom. The van der Waals surface area contributed by atoms with Gasteiger partial charge in [0.25, 0.3) is 0 Å². The van der Waals surface area contributed by atoms with Crippen LogP contribution in [-0.2, 0) is 25.8 Å². The lowest BCUT2D eigenvalue weighted by Crippen LogP contribution is -2.18. The number of aryl methyl sites for hydroxylation is 2. The standard InChI is InChI=1S/C21H25NO/c1-15(18-8-7-17-4-2-3-5-19(17)13-18)22-14-16-6-9-21-20(12-16)10-11-23-21/h6-9,12-13,15,22H,2-5,10-11,14H2,1H3. The summed E-state index contributed by atoms with van der Waals surface area (Å²) in [6.45, 7) is 4.00. The highest BCUT2D eigenvalue weighted by molar-refractivity contribution is 5.40. The Morgan fingerprint density at radius 2 is 1.83 bits per heavy atom. The topological polar surface area (TPSA) is 21.3 Å². The minimum absolute atomic E-state index is 0.381. The van der Waals surface area contributed by atoms with Crippen LogP contribution in [0.2, 0.25) is 0 Å². The number of ether oxygens (including phenoxy) is 1. The van der Waals surface area contributed by atoms with Crippen LogP contribution in [0.15, 0.2) is 36.4 Å². The summed E-state index contributed by atoms with van der Waals surface area (Å²) < 4.78 is 5.58.